The highest BCUT2D eigenvalue weighted by atomic mass is 32.2. The predicted molar refractivity (Wildman–Crippen MR) is 90.4 cm³/mol. The lowest BCUT2D eigenvalue weighted by molar-refractivity contribution is -0.0446. The molecule has 0 amide bonds. The first-order valence-corrected chi connectivity index (χ1v) is 10.0. The largest absolute Gasteiger partial charge is 0.485 e. The van der Waals surface area contributed by atoms with Gasteiger partial charge < -0.3 is 9.84 Å². The molecule has 1 aliphatic carbocycles. The van der Waals surface area contributed by atoms with Gasteiger partial charge in [-0.2, -0.15) is 5.26 Å². The SMILES string of the molecule is CC1(C)Oc2ccc(C#N)cc2[C@@H](S(=O)(=O)C2CCCCC2)[C@@H]1O. The predicted octanol–water partition coefficient (Wildman–Crippen LogP) is 2.88. The topological polar surface area (TPSA) is 87.4 Å². The Balaban J connectivity index is 2.13. The Morgan fingerprint density at radius 3 is 2.54 bits per heavy atom. The Morgan fingerprint density at radius 2 is 1.92 bits per heavy atom. The highest BCUT2D eigenvalue weighted by Crippen LogP contribution is 2.46. The second kappa shape index (κ2) is 6.05. The zero-order valence-electron chi connectivity index (χ0n) is 14.0. The van der Waals surface area contributed by atoms with E-state index in [1.807, 2.05) is 6.07 Å². The van der Waals surface area contributed by atoms with Crippen LogP contribution in [0.4, 0.5) is 0 Å². The normalized spacial score (nSPS) is 26.9. The lowest BCUT2D eigenvalue weighted by Crippen LogP contribution is -2.52. The van der Waals surface area contributed by atoms with E-state index in [9.17, 15) is 13.5 Å². The number of hydrogen-bond donors (Lipinski definition) is 1. The van der Waals surface area contributed by atoms with E-state index in [1.54, 1.807) is 32.0 Å². The molecule has 1 heterocycles. The number of hydrogen-bond acceptors (Lipinski definition) is 5. The summed E-state index contributed by atoms with van der Waals surface area (Å²) < 4.78 is 32.4. The Labute approximate surface area is 143 Å². The minimum Gasteiger partial charge on any atom is -0.485 e. The monoisotopic (exact) mass is 349 g/mol. The van der Waals surface area contributed by atoms with Gasteiger partial charge in [-0.05, 0) is 44.9 Å². The molecule has 6 heteroatoms. The molecule has 1 aromatic rings. The van der Waals surface area contributed by atoms with Crippen LogP contribution in [-0.2, 0) is 9.84 Å². The first-order valence-electron chi connectivity index (χ1n) is 8.41. The van der Waals surface area contributed by atoms with Gasteiger partial charge in [0.25, 0.3) is 0 Å². The number of fused-ring (bicyclic) bond motifs is 1. The maximum absolute atomic E-state index is 13.3. The van der Waals surface area contributed by atoms with Crippen LogP contribution in [0.3, 0.4) is 0 Å². The number of benzene rings is 1. The highest BCUT2D eigenvalue weighted by molar-refractivity contribution is 7.92. The van der Waals surface area contributed by atoms with Crippen molar-refractivity contribution in [3.05, 3.63) is 29.3 Å². The van der Waals surface area contributed by atoms with Crippen molar-refractivity contribution < 1.29 is 18.3 Å². The van der Waals surface area contributed by atoms with E-state index in [0.717, 1.165) is 19.3 Å². The van der Waals surface area contributed by atoms with Gasteiger partial charge in [-0.15, -0.1) is 0 Å². The smallest absolute Gasteiger partial charge is 0.163 e. The van der Waals surface area contributed by atoms with Crippen molar-refractivity contribution in [3.63, 3.8) is 0 Å². The average Bonchev–Trinajstić information content (AvgIpc) is 2.56. The number of nitriles is 1. The van der Waals surface area contributed by atoms with Crippen molar-refractivity contribution in [3.8, 4) is 11.8 Å². The Hall–Kier alpha value is -1.58. The molecule has 0 saturated heterocycles. The van der Waals surface area contributed by atoms with Crippen LogP contribution in [0.5, 0.6) is 5.75 Å². The molecule has 0 bridgehead atoms. The van der Waals surface area contributed by atoms with Gasteiger partial charge in [-0.1, -0.05) is 19.3 Å². The van der Waals surface area contributed by atoms with E-state index in [0.29, 0.717) is 29.7 Å². The summed E-state index contributed by atoms with van der Waals surface area (Å²) in [7, 11) is -3.58. The van der Waals surface area contributed by atoms with Gasteiger partial charge in [0, 0.05) is 5.56 Å². The van der Waals surface area contributed by atoms with Crippen LogP contribution in [0, 0.1) is 11.3 Å². The molecule has 5 nitrogen and oxygen atoms in total. The maximum Gasteiger partial charge on any atom is 0.163 e. The zero-order valence-corrected chi connectivity index (χ0v) is 14.8. The first kappa shape index (κ1) is 17.2. The van der Waals surface area contributed by atoms with E-state index in [1.165, 1.54) is 0 Å². The Kier molecular flexibility index (Phi) is 4.35. The lowest BCUT2D eigenvalue weighted by atomic mass is 9.90. The maximum atomic E-state index is 13.3. The van der Waals surface area contributed by atoms with Gasteiger partial charge in [0.05, 0.1) is 16.9 Å². The average molecular weight is 349 g/mol. The quantitative estimate of drug-likeness (QED) is 0.887. The van der Waals surface area contributed by atoms with Crippen molar-refractivity contribution >= 4 is 9.84 Å². The van der Waals surface area contributed by atoms with Crippen LogP contribution >= 0.6 is 0 Å². The number of aliphatic hydroxyl groups excluding tert-OH is 1. The third-order valence-corrected chi connectivity index (χ3v) is 7.81. The number of sulfone groups is 1. The molecule has 3 rings (SSSR count). The van der Waals surface area contributed by atoms with Crippen LogP contribution in [0.15, 0.2) is 18.2 Å². The van der Waals surface area contributed by atoms with Crippen molar-refractivity contribution in [2.24, 2.45) is 0 Å². The van der Waals surface area contributed by atoms with Gasteiger partial charge in [-0.3, -0.25) is 0 Å². The summed E-state index contributed by atoms with van der Waals surface area (Å²) >= 11 is 0. The van der Waals surface area contributed by atoms with Gasteiger partial charge in [0.15, 0.2) is 9.84 Å². The molecule has 0 radical (unpaired) electrons. The van der Waals surface area contributed by atoms with Gasteiger partial charge in [0.1, 0.15) is 22.7 Å². The molecule has 130 valence electrons. The molecule has 24 heavy (non-hydrogen) atoms. The molecular weight excluding hydrogens is 326 g/mol. The molecule has 1 saturated carbocycles. The minimum absolute atomic E-state index is 0.369. The molecule has 1 aromatic carbocycles. The van der Waals surface area contributed by atoms with E-state index in [2.05, 4.69) is 0 Å². The molecule has 0 spiro atoms. The summed E-state index contributed by atoms with van der Waals surface area (Å²) in [6, 6.07) is 6.81. The summed E-state index contributed by atoms with van der Waals surface area (Å²) in [6.07, 6.45) is 2.96. The Bertz CT molecular complexity index is 773. The van der Waals surface area contributed by atoms with E-state index in [-0.39, 0.29) is 0 Å². The Morgan fingerprint density at radius 1 is 1.25 bits per heavy atom. The molecule has 2 atom stereocenters. The number of nitrogens with zero attached hydrogens (tertiary/aromatic N) is 1. The standard InChI is InChI=1S/C18H23NO4S/c1-18(2)17(20)16(24(21,22)13-6-4-3-5-7-13)14-10-12(11-19)8-9-15(14)23-18/h8-10,13,16-17,20H,3-7H2,1-2H3/t16-,17+/m1/s1. The summed E-state index contributed by atoms with van der Waals surface area (Å²) in [6.45, 7) is 3.39. The first-order chi connectivity index (χ1) is 11.3. The molecule has 0 aromatic heterocycles. The van der Waals surface area contributed by atoms with Crippen LogP contribution in [0.25, 0.3) is 0 Å². The lowest BCUT2D eigenvalue weighted by Gasteiger charge is -2.43. The van der Waals surface area contributed by atoms with Crippen LogP contribution in [-0.4, -0.2) is 30.5 Å². The fourth-order valence-electron chi connectivity index (χ4n) is 3.77. The van der Waals surface area contributed by atoms with Crippen LogP contribution < -0.4 is 4.74 Å². The molecular formula is C18H23NO4S. The van der Waals surface area contributed by atoms with Crippen molar-refractivity contribution in [2.75, 3.05) is 0 Å². The number of rotatable bonds is 2. The van der Waals surface area contributed by atoms with Gasteiger partial charge in [-0.25, -0.2) is 8.42 Å². The molecule has 1 N–H and O–H groups in total. The van der Waals surface area contributed by atoms with Gasteiger partial charge in [0.2, 0.25) is 0 Å². The van der Waals surface area contributed by atoms with E-state index in [4.69, 9.17) is 10.00 Å². The second-order valence-electron chi connectivity index (χ2n) is 7.28. The summed E-state index contributed by atoms with van der Waals surface area (Å²) in [5.74, 6) is 0.439. The summed E-state index contributed by atoms with van der Waals surface area (Å²) in [4.78, 5) is 0. The van der Waals surface area contributed by atoms with E-state index >= 15 is 0 Å². The minimum atomic E-state index is -3.58. The third-order valence-electron chi connectivity index (χ3n) is 5.19. The summed E-state index contributed by atoms with van der Waals surface area (Å²) in [5, 5.41) is 18.4. The highest BCUT2D eigenvalue weighted by Gasteiger charge is 2.51. The van der Waals surface area contributed by atoms with Crippen LogP contribution in [0.2, 0.25) is 0 Å². The zero-order chi connectivity index (χ0) is 17.5. The van der Waals surface area contributed by atoms with Crippen molar-refractivity contribution in [1.82, 2.24) is 0 Å². The van der Waals surface area contributed by atoms with Crippen molar-refractivity contribution in [1.29, 1.82) is 5.26 Å². The molecule has 1 aliphatic heterocycles. The second-order valence-corrected chi connectivity index (χ2v) is 9.64. The fourth-order valence-corrected chi connectivity index (χ4v) is 6.40. The third kappa shape index (κ3) is 2.80. The number of aliphatic hydroxyl groups is 1. The fraction of sp³-hybridized carbons (Fsp3) is 0.611. The number of ether oxygens (including phenoxy) is 1. The molecule has 0 unspecified atom stereocenters. The van der Waals surface area contributed by atoms with Crippen molar-refractivity contribution in [2.45, 2.75) is 68.2 Å². The van der Waals surface area contributed by atoms with E-state index < -0.39 is 32.0 Å². The van der Waals surface area contributed by atoms with Crippen LogP contribution in [0.1, 0.15) is 62.3 Å². The molecule has 2 aliphatic rings. The van der Waals surface area contributed by atoms with Gasteiger partial charge >= 0.3 is 0 Å². The molecule has 1 fully saturated rings. The summed E-state index contributed by atoms with van der Waals surface area (Å²) in [5.41, 5.74) is -0.229.